The number of hydrogen-bond donors (Lipinski definition) is 0. The second-order valence-corrected chi connectivity index (χ2v) is 3.04. The number of rotatable bonds is 1. The molecule has 0 aliphatic heterocycles. The number of hydrogen-bond acceptors (Lipinski definition) is 0. The van der Waals surface area contributed by atoms with Crippen LogP contribution in [0.3, 0.4) is 0 Å². The molecule has 0 N–H and O–H groups in total. The molecule has 0 unspecified atom stereocenters. The van der Waals surface area contributed by atoms with Crippen molar-refractivity contribution >= 4 is 23.1 Å². The zero-order valence-electron chi connectivity index (χ0n) is 8.68. The summed E-state index contributed by atoms with van der Waals surface area (Å²) in [5.74, 6) is -3.81. The Morgan fingerprint density at radius 1 is 0.824 bits per heavy atom. The van der Waals surface area contributed by atoms with Gasteiger partial charge in [-0.05, 0) is 17.7 Å². The van der Waals surface area contributed by atoms with E-state index in [1.165, 1.54) is 0 Å². The minimum atomic E-state index is -1.44. The normalized spacial score (nSPS) is 9.12. The molecular formula is C12H6BrF3Mg. The van der Waals surface area contributed by atoms with Crippen LogP contribution in [0.1, 0.15) is 0 Å². The molecule has 0 saturated carbocycles. The standard InChI is InChI=1S/C12H6F3.BrH.Mg/c13-10-6-9(7-11(14)12(10)15)8-4-2-1-3-5-8;;/h2-7H;1H;/q-1;;+2/p-1. The first-order valence-electron chi connectivity index (χ1n) is 4.29. The molecule has 84 valence electrons. The Morgan fingerprint density at radius 2 is 1.29 bits per heavy atom. The summed E-state index contributed by atoms with van der Waals surface area (Å²) in [4.78, 5) is 0. The van der Waals surface area contributed by atoms with Gasteiger partial charge in [0.2, 0.25) is 0 Å². The van der Waals surface area contributed by atoms with Crippen molar-refractivity contribution < 1.29 is 30.2 Å². The van der Waals surface area contributed by atoms with Gasteiger partial charge in [-0.2, -0.15) is 30.3 Å². The number of benzene rings is 2. The molecule has 0 fully saturated rings. The fraction of sp³-hybridized carbons (Fsp3) is 0. The summed E-state index contributed by atoms with van der Waals surface area (Å²) in [7, 11) is 0. The molecule has 0 radical (unpaired) electrons. The molecule has 0 amide bonds. The molecule has 0 atom stereocenters. The van der Waals surface area contributed by atoms with Crippen LogP contribution in [0.5, 0.6) is 0 Å². The van der Waals surface area contributed by atoms with Gasteiger partial charge < -0.3 is 17.0 Å². The third-order valence-corrected chi connectivity index (χ3v) is 2.04. The summed E-state index contributed by atoms with van der Waals surface area (Å²) in [6, 6.07) is 11.2. The summed E-state index contributed by atoms with van der Waals surface area (Å²) in [6.07, 6.45) is 0. The van der Waals surface area contributed by atoms with Crippen molar-refractivity contribution in [3.63, 3.8) is 0 Å². The zero-order valence-corrected chi connectivity index (χ0v) is 11.7. The average Bonchev–Trinajstić information content (AvgIpc) is 2.26. The van der Waals surface area contributed by atoms with Crippen LogP contribution in [-0.4, -0.2) is 23.1 Å². The van der Waals surface area contributed by atoms with Gasteiger partial charge in [0.15, 0.2) is 17.5 Å². The van der Waals surface area contributed by atoms with Gasteiger partial charge in [0, 0.05) is 0 Å². The fourth-order valence-electron chi connectivity index (χ4n) is 1.30. The van der Waals surface area contributed by atoms with E-state index in [1.54, 1.807) is 24.3 Å². The molecule has 0 heterocycles. The molecule has 0 aliphatic rings. The van der Waals surface area contributed by atoms with Gasteiger partial charge in [0.25, 0.3) is 0 Å². The van der Waals surface area contributed by atoms with Crippen LogP contribution in [0, 0.1) is 23.5 Å². The summed E-state index contributed by atoms with van der Waals surface area (Å²) in [5, 5.41) is 0. The fourth-order valence-corrected chi connectivity index (χ4v) is 1.30. The van der Waals surface area contributed by atoms with Crippen molar-refractivity contribution in [2.24, 2.45) is 0 Å². The quantitative estimate of drug-likeness (QED) is 0.401. The second kappa shape index (κ2) is 7.03. The first-order valence-corrected chi connectivity index (χ1v) is 4.29. The van der Waals surface area contributed by atoms with Crippen molar-refractivity contribution in [2.75, 3.05) is 0 Å². The van der Waals surface area contributed by atoms with Gasteiger partial charge in [-0.1, -0.05) is 0 Å². The molecule has 2 aromatic carbocycles. The van der Waals surface area contributed by atoms with Crippen LogP contribution < -0.4 is 17.0 Å². The Labute approximate surface area is 124 Å². The smallest absolute Gasteiger partial charge is 1.00 e. The Morgan fingerprint density at radius 3 is 1.76 bits per heavy atom. The molecule has 17 heavy (non-hydrogen) atoms. The van der Waals surface area contributed by atoms with E-state index in [-0.39, 0.29) is 40.0 Å². The van der Waals surface area contributed by atoms with Gasteiger partial charge in [0.1, 0.15) is 0 Å². The van der Waals surface area contributed by atoms with Crippen LogP contribution in [0.25, 0.3) is 11.1 Å². The van der Waals surface area contributed by atoms with E-state index < -0.39 is 17.5 Å². The molecule has 0 aromatic heterocycles. The molecular weight excluding hydrogens is 305 g/mol. The topological polar surface area (TPSA) is 0 Å². The maximum atomic E-state index is 12.9. The van der Waals surface area contributed by atoms with Gasteiger partial charge in [-0.25, -0.2) is 13.2 Å². The zero-order chi connectivity index (χ0) is 10.8. The van der Waals surface area contributed by atoms with E-state index >= 15 is 0 Å². The maximum Gasteiger partial charge on any atom is 2.00 e. The van der Waals surface area contributed by atoms with Crippen molar-refractivity contribution in [1.29, 1.82) is 0 Å². The van der Waals surface area contributed by atoms with E-state index in [9.17, 15) is 13.2 Å². The van der Waals surface area contributed by atoms with Crippen LogP contribution in [0.4, 0.5) is 13.2 Å². The second-order valence-electron chi connectivity index (χ2n) is 3.04. The molecule has 2 aromatic rings. The largest absolute Gasteiger partial charge is 2.00 e. The van der Waals surface area contributed by atoms with Gasteiger partial charge in [-0.15, -0.1) is 5.56 Å². The SMILES string of the molecule is Fc1cc(-c2cc[c-]cc2)cc(F)c1F.[Br-].[Mg+2]. The van der Waals surface area contributed by atoms with E-state index in [1.807, 2.05) is 0 Å². The predicted octanol–water partition coefficient (Wildman–Crippen LogP) is 0.194. The Kier molecular flexibility index (Phi) is 6.82. The van der Waals surface area contributed by atoms with Crippen molar-refractivity contribution in [3.05, 3.63) is 59.9 Å². The maximum absolute atomic E-state index is 12.9. The monoisotopic (exact) mass is 310 g/mol. The number of halogens is 4. The minimum absolute atomic E-state index is 0. The van der Waals surface area contributed by atoms with Gasteiger partial charge >= 0.3 is 23.1 Å². The first-order chi connectivity index (χ1) is 7.18. The summed E-state index contributed by atoms with van der Waals surface area (Å²) >= 11 is 0. The van der Waals surface area contributed by atoms with E-state index in [4.69, 9.17) is 0 Å². The van der Waals surface area contributed by atoms with Crippen molar-refractivity contribution in [2.45, 2.75) is 0 Å². The molecule has 0 spiro atoms. The van der Waals surface area contributed by atoms with Crippen molar-refractivity contribution in [1.82, 2.24) is 0 Å². The molecule has 0 saturated heterocycles. The molecule has 0 bridgehead atoms. The van der Waals surface area contributed by atoms with Crippen LogP contribution in [0.2, 0.25) is 0 Å². The Hall–Kier alpha value is -0.524. The Balaban J connectivity index is 0.00000128. The third-order valence-electron chi connectivity index (χ3n) is 2.04. The minimum Gasteiger partial charge on any atom is -1.00 e. The van der Waals surface area contributed by atoms with Crippen molar-refractivity contribution in [3.8, 4) is 11.1 Å². The summed E-state index contributed by atoms with van der Waals surface area (Å²) < 4.78 is 38.5. The molecule has 0 nitrogen and oxygen atoms in total. The summed E-state index contributed by atoms with van der Waals surface area (Å²) in [5.41, 5.74) is 0.923. The van der Waals surface area contributed by atoms with Crippen LogP contribution >= 0.6 is 0 Å². The van der Waals surface area contributed by atoms with Gasteiger partial charge in [-0.3, -0.25) is 0 Å². The van der Waals surface area contributed by atoms with E-state index in [0.29, 0.717) is 11.1 Å². The first kappa shape index (κ1) is 16.5. The van der Waals surface area contributed by atoms with Crippen LogP contribution in [-0.2, 0) is 0 Å². The third kappa shape index (κ3) is 3.72. The van der Waals surface area contributed by atoms with E-state index in [0.717, 1.165) is 12.1 Å². The summed E-state index contributed by atoms with van der Waals surface area (Å²) in [6.45, 7) is 0. The molecule has 5 heteroatoms. The average molecular weight is 311 g/mol. The van der Waals surface area contributed by atoms with Crippen LogP contribution in [0.15, 0.2) is 36.4 Å². The predicted molar refractivity (Wildman–Crippen MR) is 56.3 cm³/mol. The van der Waals surface area contributed by atoms with Gasteiger partial charge in [0.05, 0.1) is 0 Å². The Bertz CT molecular complexity index is 465. The van der Waals surface area contributed by atoms with E-state index in [2.05, 4.69) is 6.07 Å². The molecule has 0 aliphatic carbocycles. The molecule has 2 rings (SSSR count).